The van der Waals surface area contributed by atoms with Gasteiger partial charge in [-0.05, 0) is 29.9 Å². The Morgan fingerprint density at radius 1 is 1.40 bits per heavy atom. The quantitative estimate of drug-likeness (QED) is 0.807. The number of hydrogen-bond acceptors (Lipinski definition) is 3. The first kappa shape index (κ1) is 16.3. The van der Waals surface area contributed by atoms with Crippen LogP contribution in [0.5, 0.6) is 5.75 Å². The van der Waals surface area contributed by atoms with E-state index < -0.39 is 0 Å². The molecule has 0 aliphatic rings. The number of benzene rings is 1. The summed E-state index contributed by atoms with van der Waals surface area (Å²) in [6, 6.07) is 5.24. The maximum Gasteiger partial charge on any atom is 0.224 e. The lowest BCUT2D eigenvalue weighted by molar-refractivity contribution is -0.117. The number of rotatable bonds is 5. The second-order valence-corrected chi connectivity index (χ2v) is 6.58. The summed E-state index contributed by atoms with van der Waals surface area (Å²) in [6.45, 7) is 8.64. The van der Waals surface area contributed by atoms with E-state index in [4.69, 9.17) is 10.5 Å². The summed E-state index contributed by atoms with van der Waals surface area (Å²) < 4.78 is 5.13. The van der Waals surface area contributed by atoms with Crippen molar-refractivity contribution in [1.82, 2.24) is 0 Å². The molecule has 1 unspecified atom stereocenters. The van der Waals surface area contributed by atoms with E-state index in [1.54, 1.807) is 25.3 Å². The van der Waals surface area contributed by atoms with Gasteiger partial charge in [-0.3, -0.25) is 4.79 Å². The minimum Gasteiger partial charge on any atom is -0.497 e. The molecule has 4 nitrogen and oxygen atoms in total. The molecule has 0 bridgehead atoms. The van der Waals surface area contributed by atoms with Gasteiger partial charge in [0, 0.05) is 12.5 Å². The average molecular weight is 278 g/mol. The molecule has 0 saturated heterocycles. The zero-order valence-electron chi connectivity index (χ0n) is 13.1. The first-order valence-electron chi connectivity index (χ1n) is 6.94. The molecule has 1 aromatic rings. The molecule has 0 aliphatic heterocycles. The molecule has 3 N–H and O–H groups in total. The van der Waals surface area contributed by atoms with Gasteiger partial charge in [0.05, 0.1) is 18.5 Å². The number of nitrogen functional groups attached to an aromatic ring is 1. The van der Waals surface area contributed by atoms with E-state index in [-0.39, 0.29) is 11.3 Å². The highest BCUT2D eigenvalue weighted by molar-refractivity contribution is 5.94. The molecule has 1 atom stereocenters. The molecule has 0 heterocycles. The summed E-state index contributed by atoms with van der Waals surface area (Å²) in [5, 5.41) is 2.86. The van der Waals surface area contributed by atoms with Crippen LogP contribution in [0.15, 0.2) is 18.2 Å². The van der Waals surface area contributed by atoms with Gasteiger partial charge in [0.1, 0.15) is 5.75 Å². The zero-order valence-corrected chi connectivity index (χ0v) is 13.1. The van der Waals surface area contributed by atoms with Crippen molar-refractivity contribution in [2.75, 3.05) is 18.2 Å². The first-order chi connectivity index (χ1) is 9.21. The summed E-state index contributed by atoms with van der Waals surface area (Å²) in [5.74, 6) is 1.00. The maximum atomic E-state index is 12.1. The molecular weight excluding hydrogens is 252 g/mol. The van der Waals surface area contributed by atoms with Crippen LogP contribution in [0.2, 0.25) is 0 Å². The predicted molar refractivity (Wildman–Crippen MR) is 83.9 cm³/mol. The third-order valence-corrected chi connectivity index (χ3v) is 3.03. The monoisotopic (exact) mass is 278 g/mol. The Morgan fingerprint density at radius 2 is 2.05 bits per heavy atom. The fraction of sp³-hybridized carbons (Fsp3) is 0.562. The molecule has 0 saturated carbocycles. The molecule has 0 spiro atoms. The number of nitrogens with two attached hydrogens (primary N) is 1. The van der Waals surface area contributed by atoms with E-state index in [0.717, 1.165) is 6.42 Å². The van der Waals surface area contributed by atoms with Crippen LogP contribution < -0.4 is 15.8 Å². The van der Waals surface area contributed by atoms with Crippen LogP contribution >= 0.6 is 0 Å². The Balaban J connectivity index is 2.62. The Hall–Kier alpha value is -1.71. The SMILES string of the molecule is COc1ccc(N)c(NC(=O)CC(C)CC(C)(C)C)c1. The zero-order chi connectivity index (χ0) is 15.3. The second-order valence-electron chi connectivity index (χ2n) is 6.58. The molecule has 1 rings (SSSR count). The van der Waals surface area contributed by atoms with Gasteiger partial charge >= 0.3 is 0 Å². The predicted octanol–water partition coefficient (Wildman–Crippen LogP) is 3.68. The third-order valence-electron chi connectivity index (χ3n) is 3.03. The highest BCUT2D eigenvalue weighted by Crippen LogP contribution is 2.27. The van der Waals surface area contributed by atoms with Crippen LogP contribution in [0.4, 0.5) is 11.4 Å². The lowest BCUT2D eigenvalue weighted by Crippen LogP contribution is -2.19. The number of amides is 1. The highest BCUT2D eigenvalue weighted by Gasteiger charge is 2.18. The third kappa shape index (κ3) is 5.51. The molecule has 4 heteroatoms. The van der Waals surface area contributed by atoms with Crippen LogP contribution in [0.3, 0.4) is 0 Å². The maximum absolute atomic E-state index is 12.1. The summed E-state index contributed by atoms with van der Waals surface area (Å²) in [7, 11) is 1.59. The molecule has 0 aromatic heterocycles. The lowest BCUT2D eigenvalue weighted by Gasteiger charge is -2.22. The molecule has 112 valence electrons. The summed E-state index contributed by atoms with van der Waals surface area (Å²) >= 11 is 0. The van der Waals surface area contributed by atoms with Crippen molar-refractivity contribution in [3.05, 3.63) is 18.2 Å². The van der Waals surface area contributed by atoms with Crippen molar-refractivity contribution in [1.29, 1.82) is 0 Å². The number of nitrogens with one attached hydrogen (secondary N) is 1. The molecule has 20 heavy (non-hydrogen) atoms. The standard InChI is InChI=1S/C16H26N2O2/c1-11(10-16(2,3)4)8-15(19)18-14-9-12(20-5)6-7-13(14)17/h6-7,9,11H,8,10,17H2,1-5H3,(H,18,19). The first-order valence-corrected chi connectivity index (χ1v) is 6.94. The Morgan fingerprint density at radius 3 is 2.60 bits per heavy atom. The van der Waals surface area contributed by atoms with Crippen molar-refractivity contribution in [2.45, 2.75) is 40.5 Å². The van der Waals surface area contributed by atoms with Crippen molar-refractivity contribution >= 4 is 17.3 Å². The molecule has 1 aromatic carbocycles. The summed E-state index contributed by atoms with van der Waals surface area (Å²) in [4.78, 5) is 12.1. The number of hydrogen-bond donors (Lipinski definition) is 2. The van der Waals surface area contributed by atoms with Gasteiger partial charge in [-0.25, -0.2) is 0 Å². The number of anilines is 2. The fourth-order valence-corrected chi connectivity index (χ4v) is 2.41. The number of carbonyl (C=O) groups is 1. The molecule has 0 radical (unpaired) electrons. The lowest BCUT2D eigenvalue weighted by atomic mass is 9.84. The van der Waals surface area contributed by atoms with Crippen molar-refractivity contribution in [2.24, 2.45) is 11.3 Å². The van der Waals surface area contributed by atoms with Crippen LogP contribution in [-0.4, -0.2) is 13.0 Å². The van der Waals surface area contributed by atoms with E-state index in [1.165, 1.54) is 0 Å². The van der Waals surface area contributed by atoms with Crippen molar-refractivity contribution in [3.8, 4) is 5.75 Å². The largest absolute Gasteiger partial charge is 0.497 e. The fourth-order valence-electron chi connectivity index (χ4n) is 2.41. The minimum atomic E-state index is -0.0123. The normalized spacial score (nSPS) is 12.8. The summed E-state index contributed by atoms with van der Waals surface area (Å²) in [5.41, 5.74) is 7.24. The number of ether oxygens (including phenoxy) is 1. The topological polar surface area (TPSA) is 64.3 Å². The van der Waals surface area contributed by atoms with Crippen molar-refractivity contribution < 1.29 is 9.53 Å². The van der Waals surface area contributed by atoms with Gasteiger partial charge in [0.2, 0.25) is 5.91 Å². The Labute approximate surface area is 121 Å². The van der Waals surface area contributed by atoms with E-state index in [2.05, 4.69) is 33.0 Å². The van der Waals surface area contributed by atoms with Crippen LogP contribution in [-0.2, 0) is 4.79 Å². The second kappa shape index (κ2) is 6.64. The highest BCUT2D eigenvalue weighted by atomic mass is 16.5. The smallest absolute Gasteiger partial charge is 0.224 e. The summed E-state index contributed by atoms with van der Waals surface area (Å²) in [6.07, 6.45) is 1.50. The van der Waals surface area contributed by atoms with Gasteiger partial charge in [-0.1, -0.05) is 27.7 Å². The number of carbonyl (C=O) groups excluding carboxylic acids is 1. The average Bonchev–Trinajstić information content (AvgIpc) is 2.29. The molecule has 0 fully saturated rings. The van der Waals surface area contributed by atoms with Gasteiger partial charge in [0.25, 0.3) is 0 Å². The van der Waals surface area contributed by atoms with E-state index >= 15 is 0 Å². The van der Waals surface area contributed by atoms with Gasteiger partial charge in [-0.2, -0.15) is 0 Å². The Bertz CT molecular complexity index is 464. The molecule has 0 aliphatic carbocycles. The van der Waals surface area contributed by atoms with Gasteiger partial charge in [-0.15, -0.1) is 0 Å². The van der Waals surface area contributed by atoms with E-state index in [0.29, 0.717) is 29.5 Å². The molecular formula is C16H26N2O2. The van der Waals surface area contributed by atoms with E-state index in [9.17, 15) is 4.79 Å². The van der Waals surface area contributed by atoms with Crippen LogP contribution in [0.25, 0.3) is 0 Å². The van der Waals surface area contributed by atoms with Gasteiger partial charge < -0.3 is 15.8 Å². The van der Waals surface area contributed by atoms with E-state index in [1.807, 2.05) is 0 Å². The number of methoxy groups -OCH3 is 1. The van der Waals surface area contributed by atoms with Crippen LogP contribution in [0, 0.1) is 11.3 Å². The van der Waals surface area contributed by atoms with Crippen molar-refractivity contribution in [3.63, 3.8) is 0 Å². The molecule has 1 amide bonds. The van der Waals surface area contributed by atoms with Gasteiger partial charge in [0.15, 0.2) is 0 Å². The minimum absolute atomic E-state index is 0.0123. The Kier molecular flexibility index (Phi) is 5.43. The van der Waals surface area contributed by atoms with Crippen LogP contribution in [0.1, 0.15) is 40.5 Å².